The smallest absolute Gasteiger partial charge is 0.346 e. The normalized spacial score (nSPS) is 26.9. The summed E-state index contributed by atoms with van der Waals surface area (Å²) in [5.74, 6) is -0.0817. The van der Waals surface area contributed by atoms with Crippen LogP contribution in [-0.4, -0.2) is 36.9 Å². The van der Waals surface area contributed by atoms with Gasteiger partial charge in [-0.15, -0.1) is 11.3 Å². The fourth-order valence-corrected chi connectivity index (χ4v) is 6.40. The first-order valence-corrected chi connectivity index (χ1v) is 8.99. The van der Waals surface area contributed by atoms with Gasteiger partial charge in [-0.05, 0) is 43.2 Å². The summed E-state index contributed by atoms with van der Waals surface area (Å²) in [4.78, 5) is 11.2. The molecule has 0 aromatic carbocycles. The fraction of sp³-hybridized carbons (Fsp3) is 0.615. The molecule has 1 aliphatic carbocycles. The van der Waals surface area contributed by atoms with E-state index < -0.39 is 16.0 Å². The van der Waals surface area contributed by atoms with Crippen LogP contribution in [0.15, 0.2) is 10.3 Å². The summed E-state index contributed by atoms with van der Waals surface area (Å²) in [6.45, 7) is 2.82. The van der Waals surface area contributed by atoms with Crippen LogP contribution in [0, 0.1) is 18.8 Å². The van der Waals surface area contributed by atoms with E-state index in [0.29, 0.717) is 30.5 Å². The van der Waals surface area contributed by atoms with Crippen LogP contribution in [0.4, 0.5) is 0 Å². The number of carboxylic acid groups (broad SMARTS) is 1. The zero-order valence-corrected chi connectivity index (χ0v) is 12.8. The van der Waals surface area contributed by atoms with E-state index in [-0.39, 0.29) is 9.09 Å². The zero-order valence-electron chi connectivity index (χ0n) is 11.2. The lowest BCUT2D eigenvalue weighted by Gasteiger charge is -2.15. The number of hydrogen-bond acceptors (Lipinski definition) is 4. The highest BCUT2D eigenvalue weighted by molar-refractivity contribution is 7.91. The van der Waals surface area contributed by atoms with E-state index >= 15 is 0 Å². The molecule has 2 unspecified atom stereocenters. The van der Waals surface area contributed by atoms with Crippen molar-refractivity contribution in [3.8, 4) is 0 Å². The maximum absolute atomic E-state index is 12.6. The minimum absolute atomic E-state index is 0.114. The number of fused-ring (bicyclic) bond motifs is 1. The van der Waals surface area contributed by atoms with Gasteiger partial charge in [-0.1, -0.05) is 6.42 Å². The second-order valence-electron chi connectivity index (χ2n) is 5.66. The van der Waals surface area contributed by atoms with Crippen molar-refractivity contribution in [1.82, 2.24) is 4.31 Å². The van der Waals surface area contributed by atoms with E-state index in [1.54, 1.807) is 11.2 Å². The molecule has 2 aliphatic rings. The number of carboxylic acids is 1. The van der Waals surface area contributed by atoms with Crippen LogP contribution in [0.1, 0.15) is 34.5 Å². The SMILES string of the molecule is Cc1cc(S(=O)(=O)N2CC3CCCC3C2)sc1C(=O)O. The van der Waals surface area contributed by atoms with Crippen molar-refractivity contribution >= 4 is 27.3 Å². The van der Waals surface area contributed by atoms with Crippen LogP contribution in [-0.2, 0) is 10.0 Å². The Morgan fingerprint density at radius 1 is 1.35 bits per heavy atom. The molecule has 2 atom stereocenters. The molecule has 3 rings (SSSR count). The second-order valence-corrected chi connectivity index (χ2v) is 8.87. The quantitative estimate of drug-likeness (QED) is 0.927. The molecule has 1 saturated heterocycles. The van der Waals surface area contributed by atoms with Crippen LogP contribution in [0.5, 0.6) is 0 Å². The number of aromatic carboxylic acids is 1. The van der Waals surface area contributed by atoms with Crippen molar-refractivity contribution in [3.05, 3.63) is 16.5 Å². The summed E-state index contributed by atoms with van der Waals surface area (Å²) < 4.78 is 26.9. The number of nitrogens with zero attached hydrogens (tertiary/aromatic N) is 1. The number of hydrogen-bond donors (Lipinski definition) is 1. The Labute approximate surface area is 122 Å². The van der Waals surface area contributed by atoms with E-state index in [1.807, 2.05) is 0 Å². The highest BCUT2D eigenvalue weighted by Crippen LogP contribution is 2.40. The van der Waals surface area contributed by atoms with E-state index in [1.165, 1.54) is 12.5 Å². The molecule has 7 heteroatoms. The van der Waals surface area contributed by atoms with Crippen molar-refractivity contribution in [2.45, 2.75) is 30.4 Å². The van der Waals surface area contributed by atoms with E-state index in [4.69, 9.17) is 5.11 Å². The highest BCUT2D eigenvalue weighted by Gasteiger charge is 2.42. The van der Waals surface area contributed by atoms with Gasteiger partial charge in [-0.3, -0.25) is 0 Å². The highest BCUT2D eigenvalue weighted by atomic mass is 32.2. The summed E-state index contributed by atoms with van der Waals surface area (Å²) in [7, 11) is -3.53. The van der Waals surface area contributed by atoms with Gasteiger partial charge in [0, 0.05) is 13.1 Å². The van der Waals surface area contributed by atoms with Gasteiger partial charge in [0.15, 0.2) is 0 Å². The Morgan fingerprint density at radius 2 is 1.95 bits per heavy atom. The monoisotopic (exact) mass is 315 g/mol. The molecule has 1 aromatic heterocycles. The molecular formula is C13H17NO4S2. The Morgan fingerprint density at radius 3 is 2.45 bits per heavy atom. The Balaban J connectivity index is 1.89. The Hall–Kier alpha value is -0.920. The molecule has 0 spiro atoms. The second kappa shape index (κ2) is 4.82. The number of thiophene rings is 1. The van der Waals surface area contributed by atoms with Gasteiger partial charge in [-0.25, -0.2) is 13.2 Å². The molecule has 1 aliphatic heterocycles. The molecule has 5 nitrogen and oxygen atoms in total. The maximum Gasteiger partial charge on any atom is 0.346 e. The number of sulfonamides is 1. The minimum atomic E-state index is -3.53. The van der Waals surface area contributed by atoms with Crippen molar-refractivity contribution in [3.63, 3.8) is 0 Å². The van der Waals surface area contributed by atoms with Crippen LogP contribution < -0.4 is 0 Å². The molecule has 110 valence electrons. The van der Waals surface area contributed by atoms with E-state index in [2.05, 4.69) is 0 Å². The van der Waals surface area contributed by atoms with Crippen LogP contribution in [0.2, 0.25) is 0 Å². The summed E-state index contributed by atoms with van der Waals surface area (Å²) in [5.41, 5.74) is 0.514. The molecular weight excluding hydrogens is 298 g/mol. The van der Waals surface area contributed by atoms with Crippen molar-refractivity contribution in [2.24, 2.45) is 11.8 Å². The first kappa shape index (κ1) is 14.0. The molecule has 20 heavy (non-hydrogen) atoms. The molecule has 0 amide bonds. The molecule has 1 saturated carbocycles. The van der Waals surface area contributed by atoms with Gasteiger partial charge < -0.3 is 5.11 Å². The number of aryl methyl sites for hydroxylation is 1. The summed E-state index contributed by atoms with van der Waals surface area (Å²) in [6.07, 6.45) is 3.42. The molecule has 1 aromatic rings. The Bertz CT molecular complexity index is 637. The molecule has 1 N–H and O–H groups in total. The topological polar surface area (TPSA) is 74.7 Å². The predicted molar refractivity (Wildman–Crippen MR) is 75.6 cm³/mol. The average molecular weight is 315 g/mol. The maximum atomic E-state index is 12.6. The van der Waals surface area contributed by atoms with E-state index in [9.17, 15) is 13.2 Å². The lowest BCUT2D eigenvalue weighted by atomic mass is 10.0. The van der Waals surface area contributed by atoms with Crippen LogP contribution in [0.25, 0.3) is 0 Å². The molecule has 0 bridgehead atoms. The summed E-state index contributed by atoms with van der Waals surface area (Å²) >= 11 is 0.860. The number of rotatable bonds is 3. The van der Waals surface area contributed by atoms with Crippen LogP contribution in [0.3, 0.4) is 0 Å². The summed E-state index contributed by atoms with van der Waals surface area (Å²) in [6, 6.07) is 1.48. The summed E-state index contributed by atoms with van der Waals surface area (Å²) in [5, 5.41) is 9.04. The van der Waals surface area contributed by atoms with Gasteiger partial charge in [0.2, 0.25) is 0 Å². The number of carbonyl (C=O) groups is 1. The third kappa shape index (κ3) is 2.17. The Kier molecular flexibility index (Phi) is 3.38. The lowest BCUT2D eigenvalue weighted by molar-refractivity contribution is 0.0701. The van der Waals surface area contributed by atoms with Gasteiger partial charge in [0.25, 0.3) is 10.0 Å². The third-order valence-electron chi connectivity index (χ3n) is 4.38. The van der Waals surface area contributed by atoms with Crippen molar-refractivity contribution in [1.29, 1.82) is 0 Å². The average Bonchev–Trinajstić information content (AvgIpc) is 3.00. The van der Waals surface area contributed by atoms with Gasteiger partial charge >= 0.3 is 5.97 Å². The van der Waals surface area contributed by atoms with Gasteiger partial charge in [0.05, 0.1) is 0 Å². The zero-order chi connectivity index (χ0) is 14.5. The lowest BCUT2D eigenvalue weighted by Crippen LogP contribution is -2.29. The van der Waals surface area contributed by atoms with Gasteiger partial charge in [-0.2, -0.15) is 4.31 Å². The molecule has 0 radical (unpaired) electrons. The van der Waals surface area contributed by atoms with E-state index in [0.717, 1.165) is 24.2 Å². The van der Waals surface area contributed by atoms with Crippen molar-refractivity contribution in [2.75, 3.05) is 13.1 Å². The van der Waals surface area contributed by atoms with Crippen molar-refractivity contribution < 1.29 is 18.3 Å². The van der Waals surface area contributed by atoms with Gasteiger partial charge in [0.1, 0.15) is 9.09 Å². The molecule has 2 fully saturated rings. The standard InChI is InChI=1S/C13H17NO4S2/c1-8-5-11(19-12(8)13(15)16)20(17,18)14-6-9-3-2-4-10(9)7-14/h5,9-10H,2-4,6-7H2,1H3,(H,15,16). The first-order chi connectivity index (χ1) is 9.39. The largest absolute Gasteiger partial charge is 0.477 e. The predicted octanol–water partition coefficient (Wildman–Crippen LogP) is 2.18. The fourth-order valence-electron chi connectivity index (χ4n) is 3.31. The third-order valence-corrected chi connectivity index (χ3v) is 7.88. The molecule has 2 heterocycles. The first-order valence-electron chi connectivity index (χ1n) is 6.73. The minimum Gasteiger partial charge on any atom is -0.477 e. The van der Waals surface area contributed by atoms with Crippen LogP contribution >= 0.6 is 11.3 Å².